The number of para-hydroxylation sites is 1. The first-order valence-electron chi connectivity index (χ1n) is 13.2. The van der Waals surface area contributed by atoms with E-state index < -0.39 is 35.0 Å². The Bertz CT molecular complexity index is 1600. The molecule has 44 heavy (non-hydrogen) atoms. The average molecular weight is 639 g/mol. The lowest BCUT2D eigenvalue weighted by Crippen LogP contribution is -2.37. The zero-order valence-electron chi connectivity index (χ0n) is 23.8. The molecule has 0 aliphatic carbocycles. The highest BCUT2D eigenvalue weighted by Gasteiger charge is 2.38. The predicted molar refractivity (Wildman–Crippen MR) is 154 cm³/mol. The molecule has 0 saturated heterocycles. The summed E-state index contributed by atoms with van der Waals surface area (Å²) in [6, 6.07) is 15.3. The smallest absolute Gasteiger partial charge is 0.416 e. The molecule has 4 rings (SSSR count). The normalized spacial score (nSPS) is 12.2. The monoisotopic (exact) mass is 638 g/mol. The summed E-state index contributed by atoms with van der Waals surface area (Å²) in [5.41, 5.74) is -2.59. The summed E-state index contributed by atoms with van der Waals surface area (Å²) in [5, 5.41) is 11.4. The number of anilines is 1. The number of carboxylic acid groups (broad SMARTS) is 1. The number of thiazole rings is 1. The first kappa shape index (κ1) is 32.6. The molecule has 0 saturated carbocycles. The SMILES string of the molecule is COc1ccccc1-c1csc(N(CCc2ccc(OC(C)(C)C(=O)O)cc2)Cc2ccc(C(F)(F)F)cc2C(F)(F)F)n1. The van der Waals surface area contributed by atoms with Crippen LogP contribution < -0.4 is 14.4 Å². The molecule has 0 bridgehead atoms. The summed E-state index contributed by atoms with van der Waals surface area (Å²) in [4.78, 5) is 17.6. The fraction of sp³-hybridized carbons (Fsp3) is 0.290. The highest BCUT2D eigenvalue weighted by molar-refractivity contribution is 7.14. The summed E-state index contributed by atoms with van der Waals surface area (Å²) < 4.78 is 92.7. The Morgan fingerprint density at radius 3 is 2.25 bits per heavy atom. The van der Waals surface area contributed by atoms with Crippen LogP contribution in [0, 0.1) is 0 Å². The average Bonchev–Trinajstić information content (AvgIpc) is 3.45. The summed E-state index contributed by atoms with van der Waals surface area (Å²) in [5.74, 6) is -0.278. The molecule has 0 aliphatic heterocycles. The first-order chi connectivity index (χ1) is 20.6. The Balaban J connectivity index is 1.66. The van der Waals surface area contributed by atoms with Gasteiger partial charge in [0.25, 0.3) is 0 Å². The van der Waals surface area contributed by atoms with Crippen molar-refractivity contribution >= 4 is 22.4 Å². The van der Waals surface area contributed by atoms with Crippen LogP contribution in [0.4, 0.5) is 31.5 Å². The van der Waals surface area contributed by atoms with Gasteiger partial charge in [-0.3, -0.25) is 0 Å². The zero-order chi connectivity index (χ0) is 32.3. The minimum absolute atomic E-state index is 0.132. The number of alkyl halides is 6. The van der Waals surface area contributed by atoms with Gasteiger partial charge in [0.05, 0.1) is 23.9 Å². The van der Waals surface area contributed by atoms with E-state index in [-0.39, 0.29) is 24.7 Å². The van der Waals surface area contributed by atoms with Crippen LogP contribution in [0.2, 0.25) is 0 Å². The van der Waals surface area contributed by atoms with Crippen molar-refractivity contribution in [2.24, 2.45) is 0 Å². The summed E-state index contributed by atoms with van der Waals surface area (Å²) in [6.45, 7) is 2.62. The van der Waals surface area contributed by atoms with E-state index >= 15 is 0 Å². The second-order valence-corrected chi connectivity index (χ2v) is 11.2. The maximum atomic E-state index is 14.0. The van der Waals surface area contributed by atoms with Crippen molar-refractivity contribution in [3.63, 3.8) is 0 Å². The third-order valence-electron chi connectivity index (χ3n) is 6.73. The number of aromatic nitrogens is 1. The maximum Gasteiger partial charge on any atom is 0.416 e. The van der Waals surface area contributed by atoms with E-state index in [0.29, 0.717) is 40.4 Å². The number of rotatable bonds is 11. The van der Waals surface area contributed by atoms with Crippen molar-refractivity contribution < 1.29 is 45.7 Å². The van der Waals surface area contributed by atoms with Gasteiger partial charge >= 0.3 is 18.3 Å². The summed E-state index contributed by atoms with van der Waals surface area (Å²) >= 11 is 1.18. The number of ether oxygens (including phenoxy) is 2. The van der Waals surface area contributed by atoms with Crippen LogP contribution in [-0.2, 0) is 30.1 Å². The van der Waals surface area contributed by atoms with Crippen molar-refractivity contribution in [3.8, 4) is 22.8 Å². The second-order valence-electron chi connectivity index (χ2n) is 10.3. The van der Waals surface area contributed by atoms with Crippen LogP contribution in [0.1, 0.15) is 36.1 Å². The fourth-order valence-electron chi connectivity index (χ4n) is 4.32. The molecule has 0 amide bonds. The van der Waals surface area contributed by atoms with E-state index in [2.05, 4.69) is 4.98 Å². The van der Waals surface area contributed by atoms with Crippen LogP contribution in [0.3, 0.4) is 0 Å². The molecule has 0 aliphatic rings. The maximum absolute atomic E-state index is 14.0. The minimum Gasteiger partial charge on any atom is -0.496 e. The van der Waals surface area contributed by atoms with Crippen LogP contribution in [0.5, 0.6) is 11.5 Å². The number of hydrogen-bond donors (Lipinski definition) is 1. The number of halogens is 6. The summed E-state index contributed by atoms with van der Waals surface area (Å²) in [6.07, 6.45) is -9.63. The van der Waals surface area contributed by atoms with E-state index in [1.807, 2.05) is 0 Å². The van der Waals surface area contributed by atoms with Gasteiger partial charge in [-0.1, -0.05) is 30.3 Å². The lowest BCUT2D eigenvalue weighted by atomic mass is 10.0. The molecule has 4 aromatic rings. The molecular formula is C31H28F6N2O4S. The predicted octanol–water partition coefficient (Wildman–Crippen LogP) is 8.35. The topological polar surface area (TPSA) is 71.9 Å². The minimum atomic E-state index is -5.02. The molecule has 6 nitrogen and oxygen atoms in total. The van der Waals surface area contributed by atoms with Crippen molar-refractivity contribution in [3.05, 3.63) is 94.4 Å². The van der Waals surface area contributed by atoms with Gasteiger partial charge in [-0.25, -0.2) is 9.78 Å². The lowest BCUT2D eigenvalue weighted by molar-refractivity contribution is -0.152. The largest absolute Gasteiger partial charge is 0.496 e. The summed E-state index contributed by atoms with van der Waals surface area (Å²) in [7, 11) is 1.50. The van der Waals surface area contributed by atoms with Crippen LogP contribution in [0.25, 0.3) is 11.3 Å². The molecule has 0 radical (unpaired) electrons. The van der Waals surface area contributed by atoms with Gasteiger partial charge in [-0.15, -0.1) is 11.3 Å². The third kappa shape index (κ3) is 7.81. The Morgan fingerprint density at radius 1 is 0.955 bits per heavy atom. The van der Waals surface area contributed by atoms with Gasteiger partial charge in [-0.05, 0) is 67.8 Å². The van der Waals surface area contributed by atoms with Gasteiger partial charge in [-0.2, -0.15) is 26.3 Å². The Kier molecular flexibility index (Phi) is 9.47. The van der Waals surface area contributed by atoms with Gasteiger partial charge in [0.1, 0.15) is 11.5 Å². The molecule has 0 unspecified atom stereocenters. The quantitative estimate of drug-likeness (QED) is 0.167. The van der Waals surface area contributed by atoms with Crippen molar-refractivity contribution in [1.29, 1.82) is 0 Å². The van der Waals surface area contributed by atoms with E-state index in [4.69, 9.17) is 9.47 Å². The molecule has 0 fully saturated rings. The van der Waals surface area contributed by atoms with Crippen LogP contribution >= 0.6 is 11.3 Å². The third-order valence-corrected chi connectivity index (χ3v) is 7.63. The second kappa shape index (κ2) is 12.8. The molecule has 13 heteroatoms. The van der Waals surface area contributed by atoms with Crippen LogP contribution in [0.15, 0.2) is 72.1 Å². The molecule has 1 N–H and O–H groups in total. The Hall–Kier alpha value is -4.26. The van der Waals surface area contributed by atoms with Crippen molar-refractivity contribution in [2.75, 3.05) is 18.6 Å². The molecule has 1 aromatic heterocycles. The lowest BCUT2D eigenvalue weighted by Gasteiger charge is -2.25. The van der Waals surface area contributed by atoms with Gasteiger partial charge < -0.3 is 19.5 Å². The van der Waals surface area contributed by atoms with Crippen LogP contribution in [-0.4, -0.2) is 35.3 Å². The Morgan fingerprint density at radius 2 is 1.64 bits per heavy atom. The van der Waals surface area contributed by atoms with E-state index in [0.717, 1.165) is 11.6 Å². The molecular weight excluding hydrogens is 610 g/mol. The number of benzene rings is 3. The van der Waals surface area contributed by atoms with Gasteiger partial charge in [0.15, 0.2) is 10.7 Å². The molecule has 0 atom stereocenters. The molecule has 1 heterocycles. The number of aliphatic carboxylic acids is 1. The highest BCUT2D eigenvalue weighted by Crippen LogP contribution is 2.39. The molecule has 0 spiro atoms. The zero-order valence-corrected chi connectivity index (χ0v) is 24.6. The van der Waals surface area contributed by atoms with E-state index in [1.54, 1.807) is 58.8 Å². The number of carbonyl (C=O) groups is 1. The van der Waals surface area contributed by atoms with E-state index in [1.165, 1.54) is 32.3 Å². The number of nitrogens with zero attached hydrogens (tertiary/aromatic N) is 2. The number of carboxylic acids is 1. The highest BCUT2D eigenvalue weighted by atomic mass is 32.1. The van der Waals surface area contributed by atoms with Gasteiger partial charge in [0.2, 0.25) is 0 Å². The Labute approximate surface area is 253 Å². The fourth-order valence-corrected chi connectivity index (χ4v) is 5.17. The van der Waals surface area contributed by atoms with Gasteiger partial charge in [0, 0.05) is 24.0 Å². The van der Waals surface area contributed by atoms with E-state index in [9.17, 15) is 36.2 Å². The first-order valence-corrected chi connectivity index (χ1v) is 14.1. The number of methoxy groups -OCH3 is 1. The molecule has 234 valence electrons. The molecule has 3 aromatic carbocycles. The van der Waals surface area contributed by atoms with Crippen molar-refractivity contribution in [1.82, 2.24) is 4.98 Å². The standard InChI is InChI=1S/C31H28F6N2O4S/c1-29(2,27(40)41)43-22-12-8-19(9-13-22)14-15-39(28-38-25(18-44-28)23-6-4-5-7-26(23)42-3)17-20-10-11-21(30(32,33)34)16-24(20)31(35,36)37/h4-13,16,18H,14-15,17H2,1-3H3,(H,40,41). The number of hydrogen-bond acceptors (Lipinski definition) is 6. The van der Waals surface area contributed by atoms with Crippen molar-refractivity contribution in [2.45, 2.75) is 44.8 Å².